The van der Waals surface area contributed by atoms with Gasteiger partial charge in [-0.1, -0.05) is 13.3 Å². The van der Waals surface area contributed by atoms with Crippen LogP contribution in [-0.2, 0) is 25.9 Å². The second kappa shape index (κ2) is 12.8. The molecule has 0 aromatic heterocycles. The van der Waals surface area contributed by atoms with Gasteiger partial charge in [0.25, 0.3) is 0 Å². The van der Waals surface area contributed by atoms with Crippen molar-refractivity contribution in [3.63, 3.8) is 0 Å². The van der Waals surface area contributed by atoms with Gasteiger partial charge in [-0.3, -0.25) is 0 Å². The molecule has 0 heterocycles. The van der Waals surface area contributed by atoms with E-state index in [1.165, 1.54) is 28.4 Å². The topological polar surface area (TPSA) is 81.4 Å². The average Bonchev–Trinajstić information content (AvgIpc) is 2.67. The summed E-state index contributed by atoms with van der Waals surface area (Å²) in [5, 5.41) is 0. The summed E-state index contributed by atoms with van der Waals surface area (Å²) in [4.78, 5) is 0. The molecule has 13 heteroatoms. The highest BCUT2D eigenvalue weighted by atomic mass is 28.5. The van der Waals surface area contributed by atoms with Crippen molar-refractivity contribution in [1.29, 1.82) is 0 Å². The van der Waals surface area contributed by atoms with Crippen LogP contribution in [0.4, 0.5) is 13.2 Å². The summed E-state index contributed by atoms with van der Waals surface area (Å²) in [6.07, 6.45) is -3.17. The van der Waals surface area contributed by atoms with Crippen LogP contribution < -0.4 is 5.73 Å². The Labute approximate surface area is 169 Å². The fourth-order valence-corrected chi connectivity index (χ4v) is 14.8. The Morgan fingerprint density at radius 1 is 0.786 bits per heavy atom. The van der Waals surface area contributed by atoms with Gasteiger partial charge in [0, 0.05) is 46.9 Å². The van der Waals surface area contributed by atoms with Crippen LogP contribution in [0.25, 0.3) is 0 Å². The zero-order valence-corrected chi connectivity index (χ0v) is 20.8. The molecule has 0 aromatic carbocycles. The lowest BCUT2D eigenvalue weighted by Crippen LogP contribution is -2.61. The summed E-state index contributed by atoms with van der Waals surface area (Å²) in [6.45, 7) is 3.98. The van der Waals surface area contributed by atoms with E-state index in [1.807, 2.05) is 6.92 Å². The van der Waals surface area contributed by atoms with Crippen LogP contribution in [0.15, 0.2) is 0 Å². The van der Waals surface area contributed by atoms with Gasteiger partial charge in [0.15, 0.2) is 0 Å². The Balaban J connectivity index is 5.77. The number of nitrogens with two attached hydrogens (primary N) is 1. The van der Waals surface area contributed by atoms with Gasteiger partial charge in [0.1, 0.15) is 0 Å². The van der Waals surface area contributed by atoms with Gasteiger partial charge in [-0.2, -0.15) is 13.2 Å². The van der Waals surface area contributed by atoms with Crippen LogP contribution in [0, 0.1) is 0 Å². The van der Waals surface area contributed by atoms with E-state index in [0.717, 1.165) is 12.8 Å². The fraction of sp³-hybridized carbons (Fsp3) is 1.00. The lowest BCUT2D eigenvalue weighted by Gasteiger charge is -2.41. The van der Waals surface area contributed by atoms with Gasteiger partial charge in [0.2, 0.25) is 0 Å². The smallest absolute Gasteiger partial charge is 0.393 e. The molecule has 0 aromatic rings. The minimum absolute atomic E-state index is 0.311. The molecule has 0 amide bonds. The molecule has 1 atom stereocenters. The third-order valence-electron chi connectivity index (χ3n) is 4.37. The van der Waals surface area contributed by atoms with Crippen molar-refractivity contribution in [3.8, 4) is 0 Å². The number of hydrogen-bond donors (Lipinski definition) is 1. The molecule has 0 radical (unpaired) electrons. The standard InChI is InChI=1S/C15H36F3NO6Si3/c1-7-8-12-27(20-2,21-3)24-26(6,14-10-15(16,17)18)25-28(22-4,23-5)13-9-11-19/h7-14,19H2,1-6H3. The summed E-state index contributed by atoms with van der Waals surface area (Å²) < 4.78 is 73.5. The molecule has 0 spiro atoms. The molecule has 0 saturated heterocycles. The van der Waals surface area contributed by atoms with E-state index in [-0.39, 0.29) is 6.04 Å². The van der Waals surface area contributed by atoms with Crippen LogP contribution in [-0.4, -0.2) is 67.3 Å². The number of hydrogen-bond acceptors (Lipinski definition) is 7. The normalized spacial score (nSPS) is 15.6. The van der Waals surface area contributed by atoms with Crippen molar-refractivity contribution < 1.29 is 39.1 Å². The Kier molecular flexibility index (Phi) is 12.8. The molecule has 170 valence electrons. The average molecular weight is 468 g/mol. The van der Waals surface area contributed by atoms with Crippen LogP contribution in [0.3, 0.4) is 0 Å². The molecular formula is C15H36F3NO6Si3. The maximum atomic E-state index is 13.0. The van der Waals surface area contributed by atoms with Crippen LogP contribution in [0.5, 0.6) is 0 Å². The molecule has 7 nitrogen and oxygen atoms in total. The molecule has 1 unspecified atom stereocenters. The van der Waals surface area contributed by atoms with Crippen LogP contribution in [0.2, 0.25) is 24.7 Å². The van der Waals surface area contributed by atoms with Crippen molar-refractivity contribution in [2.45, 2.75) is 63.5 Å². The first-order valence-corrected chi connectivity index (χ1v) is 15.7. The zero-order valence-electron chi connectivity index (χ0n) is 17.8. The Hall–Kier alpha value is 0.161. The third-order valence-corrected chi connectivity index (χ3v) is 15.9. The minimum atomic E-state index is -4.34. The Bertz CT molecular complexity index is 400. The summed E-state index contributed by atoms with van der Waals surface area (Å²) in [7, 11) is -4.13. The van der Waals surface area contributed by atoms with E-state index in [4.69, 9.17) is 31.7 Å². The molecule has 0 aliphatic rings. The van der Waals surface area contributed by atoms with Crippen LogP contribution >= 0.6 is 0 Å². The highest BCUT2D eigenvalue weighted by Gasteiger charge is 2.54. The number of halogens is 3. The Morgan fingerprint density at radius 2 is 1.21 bits per heavy atom. The van der Waals surface area contributed by atoms with E-state index < -0.39 is 38.8 Å². The summed E-state index contributed by atoms with van der Waals surface area (Å²) in [5.74, 6) is 0. The van der Waals surface area contributed by atoms with Gasteiger partial charge in [-0.05, 0) is 32.0 Å². The molecule has 0 saturated carbocycles. The zero-order chi connectivity index (χ0) is 21.9. The molecule has 28 heavy (non-hydrogen) atoms. The first-order valence-electron chi connectivity index (χ1n) is 9.36. The van der Waals surface area contributed by atoms with Crippen molar-refractivity contribution in [2.75, 3.05) is 35.0 Å². The molecule has 0 fully saturated rings. The monoisotopic (exact) mass is 467 g/mol. The third kappa shape index (κ3) is 9.78. The maximum Gasteiger partial charge on any atom is 0.491 e. The molecular weight excluding hydrogens is 431 g/mol. The number of rotatable bonds is 16. The van der Waals surface area contributed by atoms with Gasteiger partial charge in [-0.25, -0.2) is 0 Å². The van der Waals surface area contributed by atoms with E-state index in [1.54, 1.807) is 6.55 Å². The molecule has 0 aliphatic heterocycles. The van der Waals surface area contributed by atoms with Crippen molar-refractivity contribution in [1.82, 2.24) is 0 Å². The maximum absolute atomic E-state index is 13.0. The summed E-state index contributed by atoms with van der Waals surface area (Å²) in [5.41, 5.74) is 5.58. The highest BCUT2D eigenvalue weighted by molar-refractivity contribution is 6.83. The van der Waals surface area contributed by atoms with Gasteiger partial charge >= 0.3 is 32.3 Å². The lowest BCUT2D eigenvalue weighted by atomic mass is 10.4. The first-order chi connectivity index (χ1) is 13.0. The van der Waals surface area contributed by atoms with Crippen molar-refractivity contribution in [3.05, 3.63) is 0 Å². The van der Waals surface area contributed by atoms with Crippen molar-refractivity contribution in [2.24, 2.45) is 5.73 Å². The number of alkyl halides is 3. The minimum Gasteiger partial charge on any atom is -0.393 e. The van der Waals surface area contributed by atoms with Gasteiger partial charge in [0.05, 0.1) is 0 Å². The van der Waals surface area contributed by atoms with Crippen molar-refractivity contribution >= 4 is 26.2 Å². The largest absolute Gasteiger partial charge is 0.491 e. The molecule has 0 aliphatic carbocycles. The lowest BCUT2D eigenvalue weighted by molar-refractivity contribution is -0.131. The van der Waals surface area contributed by atoms with Gasteiger partial charge in [-0.15, -0.1) is 0 Å². The molecule has 0 bridgehead atoms. The van der Waals surface area contributed by atoms with E-state index in [9.17, 15) is 13.2 Å². The Morgan fingerprint density at radius 3 is 1.54 bits per heavy atom. The van der Waals surface area contributed by atoms with Gasteiger partial charge < -0.3 is 31.7 Å². The fourth-order valence-electron chi connectivity index (χ4n) is 2.71. The molecule has 2 N–H and O–H groups in total. The second-order valence-corrected chi connectivity index (χ2v) is 16.4. The van der Waals surface area contributed by atoms with E-state index in [0.29, 0.717) is 25.1 Å². The SMILES string of the molecule is CCCC[Si](OC)(OC)O[Si](C)(CCC(F)(F)F)O[Si](CCCN)(OC)OC. The van der Waals surface area contributed by atoms with E-state index in [2.05, 4.69) is 0 Å². The summed E-state index contributed by atoms with van der Waals surface area (Å²) >= 11 is 0. The highest BCUT2D eigenvalue weighted by Crippen LogP contribution is 2.34. The van der Waals surface area contributed by atoms with Crippen LogP contribution in [0.1, 0.15) is 32.6 Å². The summed E-state index contributed by atoms with van der Waals surface area (Å²) in [6, 6.07) is 0.567. The predicted molar refractivity (Wildman–Crippen MR) is 107 cm³/mol. The number of unbranched alkanes of at least 4 members (excludes halogenated alkanes) is 1. The van der Waals surface area contributed by atoms with E-state index >= 15 is 0 Å². The quantitative estimate of drug-likeness (QED) is 0.347. The second-order valence-electron chi connectivity index (χ2n) is 6.63. The molecule has 0 rings (SSSR count). The predicted octanol–water partition coefficient (Wildman–Crippen LogP) is 3.66. The first kappa shape index (κ1) is 28.2.